The third-order valence-corrected chi connectivity index (χ3v) is 3.67. The molecule has 1 aliphatic rings. The number of hydrogen-bond donors (Lipinski definition) is 1. The van der Waals surface area contributed by atoms with Gasteiger partial charge in [-0.25, -0.2) is 0 Å². The van der Waals surface area contributed by atoms with E-state index in [4.69, 9.17) is 10.5 Å². The number of amides is 1. The molecular weight excluding hydrogens is 335 g/mol. The lowest BCUT2D eigenvalue weighted by Gasteiger charge is -2.36. The summed E-state index contributed by atoms with van der Waals surface area (Å²) in [5, 5.41) is 20.1. The van der Waals surface area contributed by atoms with Crippen molar-refractivity contribution in [2.75, 3.05) is 36.4 Å². The molecule has 1 aliphatic heterocycles. The molecule has 9 heteroatoms. The number of alkyl halides is 3. The van der Waals surface area contributed by atoms with E-state index in [2.05, 4.69) is 5.32 Å². The summed E-state index contributed by atoms with van der Waals surface area (Å²) in [6.07, 6.45) is -3.55. The van der Waals surface area contributed by atoms with Gasteiger partial charge in [0.05, 0.1) is 0 Å². The van der Waals surface area contributed by atoms with Crippen LogP contribution >= 0.6 is 0 Å². The van der Waals surface area contributed by atoms with Crippen LogP contribution in [-0.2, 0) is 4.79 Å². The van der Waals surface area contributed by atoms with Crippen molar-refractivity contribution in [2.24, 2.45) is 0 Å². The molecule has 1 heterocycles. The largest absolute Gasteiger partial charge is 0.471 e. The SMILES string of the molecule is N#CC(C#N)=CNc1ccc(N2CCN(C(=O)C(F)(F)F)CC2)cc1. The van der Waals surface area contributed by atoms with Gasteiger partial charge in [-0.05, 0) is 24.3 Å². The van der Waals surface area contributed by atoms with Gasteiger partial charge in [-0.1, -0.05) is 0 Å². The predicted molar refractivity (Wildman–Crippen MR) is 84.2 cm³/mol. The van der Waals surface area contributed by atoms with Crippen LogP contribution in [0.25, 0.3) is 0 Å². The number of rotatable bonds is 3. The molecule has 130 valence electrons. The maximum atomic E-state index is 12.4. The number of nitrogens with one attached hydrogen (secondary N) is 1. The van der Waals surface area contributed by atoms with Gasteiger partial charge in [0.2, 0.25) is 0 Å². The van der Waals surface area contributed by atoms with Crippen molar-refractivity contribution in [2.45, 2.75) is 6.18 Å². The molecule has 0 bridgehead atoms. The van der Waals surface area contributed by atoms with Crippen LogP contribution in [0.3, 0.4) is 0 Å². The fourth-order valence-corrected chi connectivity index (χ4v) is 2.36. The van der Waals surface area contributed by atoms with Gasteiger partial charge >= 0.3 is 12.1 Å². The van der Waals surface area contributed by atoms with E-state index >= 15 is 0 Å². The van der Waals surface area contributed by atoms with E-state index < -0.39 is 12.1 Å². The van der Waals surface area contributed by atoms with Gasteiger partial charge in [-0.2, -0.15) is 23.7 Å². The molecule has 0 atom stereocenters. The molecule has 0 unspecified atom stereocenters. The number of nitrogens with zero attached hydrogens (tertiary/aromatic N) is 4. The number of nitriles is 2. The topological polar surface area (TPSA) is 83.2 Å². The minimum absolute atomic E-state index is 0.00871. The average molecular weight is 349 g/mol. The summed E-state index contributed by atoms with van der Waals surface area (Å²) in [6.45, 7) is 0.632. The maximum absolute atomic E-state index is 12.4. The zero-order valence-corrected chi connectivity index (χ0v) is 13.0. The molecule has 1 saturated heterocycles. The Morgan fingerprint density at radius 2 is 1.64 bits per heavy atom. The molecule has 25 heavy (non-hydrogen) atoms. The van der Waals surface area contributed by atoms with Gasteiger partial charge in [0.25, 0.3) is 0 Å². The van der Waals surface area contributed by atoms with Crippen LogP contribution in [0, 0.1) is 22.7 Å². The minimum atomic E-state index is -4.84. The summed E-state index contributed by atoms with van der Waals surface area (Å²) in [4.78, 5) is 13.9. The molecule has 1 aromatic carbocycles. The molecule has 0 radical (unpaired) electrons. The van der Waals surface area contributed by atoms with E-state index in [0.29, 0.717) is 18.8 Å². The number of hydrogen-bond acceptors (Lipinski definition) is 5. The first-order valence-corrected chi connectivity index (χ1v) is 7.33. The molecule has 1 aromatic rings. The van der Waals surface area contributed by atoms with Crippen molar-refractivity contribution in [3.8, 4) is 12.1 Å². The number of carbonyl (C=O) groups is 1. The Balaban J connectivity index is 1.94. The molecular formula is C16H14F3N5O. The Kier molecular flexibility index (Phi) is 5.50. The molecule has 2 rings (SSSR count). The summed E-state index contributed by atoms with van der Waals surface area (Å²) >= 11 is 0. The van der Waals surface area contributed by atoms with Crippen molar-refractivity contribution in [1.29, 1.82) is 10.5 Å². The van der Waals surface area contributed by atoms with Crippen LogP contribution in [0.1, 0.15) is 0 Å². The van der Waals surface area contributed by atoms with Crippen LogP contribution in [0.15, 0.2) is 36.0 Å². The molecule has 1 amide bonds. The highest BCUT2D eigenvalue weighted by Crippen LogP contribution is 2.23. The average Bonchev–Trinajstić information content (AvgIpc) is 2.62. The highest BCUT2D eigenvalue weighted by molar-refractivity contribution is 5.82. The van der Waals surface area contributed by atoms with Crippen molar-refractivity contribution in [3.05, 3.63) is 36.0 Å². The lowest BCUT2D eigenvalue weighted by atomic mass is 10.2. The molecule has 1 N–H and O–H groups in total. The number of benzene rings is 1. The molecule has 0 saturated carbocycles. The second-order valence-corrected chi connectivity index (χ2v) is 5.25. The Morgan fingerprint density at radius 1 is 1.08 bits per heavy atom. The smallest absolute Gasteiger partial charge is 0.368 e. The van der Waals surface area contributed by atoms with Gasteiger partial charge in [0.1, 0.15) is 17.7 Å². The summed E-state index contributed by atoms with van der Waals surface area (Å²) in [6, 6.07) is 10.5. The van der Waals surface area contributed by atoms with Crippen LogP contribution in [-0.4, -0.2) is 43.2 Å². The van der Waals surface area contributed by atoms with Crippen LogP contribution in [0.2, 0.25) is 0 Å². The van der Waals surface area contributed by atoms with Crippen molar-refractivity contribution < 1.29 is 18.0 Å². The second-order valence-electron chi connectivity index (χ2n) is 5.25. The van der Waals surface area contributed by atoms with Crippen LogP contribution < -0.4 is 10.2 Å². The number of carbonyl (C=O) groups excluding carboxylic acids is 1. The van der Waals surface area contributed by atoms with Crippen molar-refractivity contribution in [1.82, 2.24) is 4.90 Å². The third-order valence-electron chi connectivity index (χ3n) is 3.67. The Bertz CT molecular complexity index is 719. The number of anilines is 2. The summed E-state index contributed by atoms with van der Waals surface area (Å²) in [7, 11) is 0. The Labute approximate surface area is 142 Å². The first-order chi connectivity index (χ1) is 11.8. The van der Waals surface area contributed by atoms with Crippen LogP contribution in [0.4, 0.5) is 24.5 Å². The Hall–Kier alpha value is -3.20. The zero-order valence-electron chi connectivity index (χ0n) is 13.0. The number of allylic oxidation sites excluding steroid dienone is 1. The third kappa shape index (κ3) is 4.64. The lowest BCUT2D eigenvalue weighted by Crippen LogP contribution is -2.52. The summed E-state index contributed by atoms with van der Waals surface area (Å²) in [5.74, 6) is -1.80. The van der Waals surface area contributed by atoms with Gasteiger partial charge < -0.3 is 15.1 Å². The van der Waals surface area contributed by atoms with E-state index in [-0.39, 0.29) is 18.7 Å². The predicted octanol–water partition coefficient (Wildman–Crippen LogP) is 2.24. The molecule has 0 spiro atoms. The summed E-state index contributed by atoms with van der Waals surface area (Å²) in [5.41, 5.74) is 1.42. The minimum Gasteiger partial charge on any atom is -0.368 e. The normalized spacial score (nSPS) is 14.3. The van der Waals surface area contributed by atoms with E-state index in [9.17, 15) is 18.0 Å². The molecule has 0 aromatic heterocycles. The highest BCUT2D eigenvalue weighted by atomic mass is 19.4. The molecule has 6 nitrogen and oxygen atoms in total. The lowest BCUT2D eigenvalue weighted by molar-refractivity contribution is -0.185. The zero-order chi connectivity index (χ0) is 18.4. The molecule has 0 aliphatic carbocycles. The van der Waals surface area contributed by atoms with Crippen molar-refractivity contribution >= 4 is 17.3 Å². The van der Waals surface area contributed by atoms with E-state index in [1.165, 1.54) is 6.20 Å². The van der Waals surface area contributed by atoms with Gasteiger partial charge in [-0.3, -0.25) is 4.79 Å². The fourth-order valence-electron chi connectivity index (χ4n) is 2.36. The monoisotopic (exact) mass is 349 g/mol. The fraction of sp³-hybridized carbons (Fsp3) is 0.312. The standard InChI is InChI=1S/C16H14F3N5O/c17-16(18,19)15(25)24-7-5-23(6-8-24)14-3-1-13(2-4-14)22-11-12(9-20)10-21/h1-4,11,22H,5-8H2. The quantitative estimate of drug-likeness (QED) is 0.846. The maximum Gasteiger partial charge on any atom is 0.471 e. The highest BCUT2D eigenvalue weighted by Gasteiger charge is 2.43. The van der Waals surface area contributed by atoms with Crippen LogP contribution in [0.5, 0.6) is 0 Å². The first-order valence-electron chi connectivity index (χ1n) is 7.33. The Morgan fingerprint density at radius 3 is 2.12 bits per heavy atom. The van der Waals surface area contributed by atoms with E-state index in [1.807, 2.05) is 4.90 Å². The number of piperazine rings is 1. The van der Waals surface area contributed by atoms with Crippen molar-refractivity contribution in [3.63, 3.8) is 0 Å². The summed E-state index contributed by atoms with van der Waals surface area (Å²) < 4.78 is 37.3. The van der Waals surface area contributed by atoms with Gasteiger partial charge in [0.15, 0.2) is 0 Å². The second kappa shape index (κ2) is 7.58. The van der Waals surface area contributed by atoms with E-state index in [0.717, 1.165) is 10.6 Å². The van der Waals surface area contributed by atoms with Gasteiger partial charge in [-0.15, -0.1) is 0 Å². The first kappa shape index (κ1) is 18.1. The molecule has 1 fully saturated rings. The number of halogens is 3. The van der Waals surface area contributed by atoms with Gasteiger partial charge in [0, 0.05) is 43.8 Å². The van der Waals surface area contributed by atoms with E-state index in [1.54, 1.807) is 36.4 Å².